The Bertz CT molecular complexity index is 901. The second-order valence-corrected chi connectivity index (χ2v) is 5.97. The minimum Gasteiger partial charge on any atom is -0.394 e. The fourth-order valence-electron chi connectivity index (χ4n) is 3.20. The SMILES string of the molecule is CC(=O)n1c(=O)ccn([C@]2(C(C)=O)O[C@H](CO)[C@@H](O)[C@]2(O)C(C)=O)c1=O. The number of aliphatic hydroxyl groups is 3. The van der Waals surface area contributed by atoms with Gasteiger partial charge in [0.05, 0.1) is 6.61 Å². The van der Waals surface area contributed by atoms with Gasteiger partial charge in [0.1, 0.15) is 12.2 Å². The van der Waals surface area contributed by atoms with Gasteiger partial charge in [0.25, 0.3) is 5.56 Å². The lowest BCUT2D eigenvalue weighted by molar-refractivity contribution is -0.201. The number of ether oxygens (including phenoxy) is 1. The van der Waals surface area contributed by atoms with E-state index in [1.807, 2.05) is 0 Å². The molecule has 26 heavy (non-hydrogen) atoms. The summed E-state index contributed by atoms with van der Waals surface area (Å²) in [6, 6.07) is 0.760. The normalized spacial score (nSPS) is 31.0. The van der Waals surface area contributed by atoms with Crippen LogP contribution in [-0.4, -0.2) is 66.3 Å². The second-order valence-electron chi connectivity index (χ2n) is 5.97. The van der Waals surface area contributed by atoms with Gasteiger partial charge in [-0.3, -0.25) is 23.7 Å². The van der Waals surface area contributed by atoms with Crippen molar-refractivity contribution in [2.75, 3.05) is 6.61 Å². The van der Waals surface area contributed by atoms with Gasteiger partial charge in [-0.05, 0) is 13.8 Å². The number of carbonyl (C=O) groups excluding carboxylic acids is 3. The van der Waals surface area contributed by atoms with E-state index in [0.29, 0.717) is 4.57 Å². The molecule has 142 valence electrons. The molecule has 1 aromatic rings. The molecule has 0 amide bonds. The fourth-order valence-corrected chi connectivity index (χ4v) is 3.20. The molecule has 3 N–H and O–H groups in total. The van der Waals surface area contributed by atoms with Gasteiger partial charge in [0.2, 0.25) is 17.2 Å². The van der Waals surface area contributed by atoms with Crippen molar-refractivity contribution in [2.24, 2.45) is 0 Å². The molecular weight excluding hydrogens is 352 g/mol. The molecule has 1 aliphatic rings. The van der Waals surface area contributed by atoms with Crippen molar-refractivity contribution in [3.05, 3.63) is 33.1 Å². The molecule has 11 nitrogen and oxygen atoms in total. The van der Waals surface area contributed by atoms with E-state index >= 15 is 0 Å². The van der Waals surface area contributed by atoms with Crippen molar-refractivity contribution in [1.29, 1.82) is 0 Å². The molecule has 4 atom stereocenters. The minimum atomic E-state index is -2.95. The number of hydrogen-bond donors (Lipinski definition) is 3. The molecular formula is C15H18N2O9. The van der Waals surface area contributed by atoms with Crippen LogP contribution < -0.4 is 11.2 Å². The molecule has 0 bridgehead atoms. The van der Waals surface area contributed by atoms with Crippen LogP contribution in [0.4, 0.5) is 0 Å². The average Bonchev–Trinajstić information content (AvgIpc) is 2.78. The summed E-state index contributed by atoms with van der Waals surface area (Å²) in [4.78, 5) is 60.7. The number of Topliss-reactive ketones (excluding diaryl/α,β-unsaturated/α-hetero) is 2. The summed E-state index contributed by atoms with van der Waals surface area (Å²) in [6.07, 6.45) is -2.87. The highest BCUT2D eigenvalue weighted by atomic mass is 16.6. The van der Waals surface area contributed by atoms with Gasteiger partial charge in [-0.15, -0.1) is 0 Å². The summed E-state index contributed by atoms with van der Waals surface area (Å²) in [7, 11) is 0. The number of ketones is 2. The molecule has 0 radical (unpaired) electrons. The Morgan fingerprint density at radius 3 is 2.19 bits per heavy atom. The second kappa shape index (κ2) is 6.36. The Hall–Kier alpha value is -2.47. The van der Waals surface area contributed by atoms with E-state index in [1.54, 1.807) is 0 Å². The molecule has 1 fully saturated rings. The first kappa shape index (κ1) is 19.8. The number of carbonyl (C=O) groups is 3. The highest BCUT2D eigenvalue weighted by molar-refractivity contribution is 5.97. The highest BCUT2D eigenvalue weighted by Gasteiger charge is 2.72. The predicted molar refractivity (Wildman–Crippen MR) is 83.5 cm³/mol. The van der Waals surface area contributed by atoms with Crippen molar-refractivity contribution >= 4 is 17.5 Å². The molecule has 2 rings (SSSR count). The lowest BCUT2D eigenvalue weighted by Gasteiger charge is -2.38. The van der Waals surface area contributed by atoms with Gasteiger partial charge in [0.15, 0.2) is 11.6 Å². The average molecular weight is 370 g/mol. The number of nitrogens with zero attached hydrogens (tertiary/aromatic N) is 2. The Morgan fingerprint density at radius 1 is 1.19 bits per heavy atom. The van der Waals surface area contributed by atoms with Gasteiger partial charge < -0.3 is 20.1 Å². The molecule has 0 unspecified atom stereocenters. The van der Waals surface area contributed by atoms with E-state index in [1.165, 1.54) is 0 Å². The Balaban J connectivity index is 2.98. The Morgan fingerprint density at radius 2 is 1.77 bits per heavy atom. The van der Waals surface area contributed by atoms with Crippen LogP contribution >= 0.6 is 0 Å². The molecule has 0 aromatic carbocycles. The molecule has 11 heteroatoms. The number of rotatable bonds is 4. The van der Waals surface area contributed by atoms with E-state index in [0.717, 1.165) is 33.0 Å². The first-order valence-corrected chi connectivity index (χ1v) is 7.54. The number of hydrogen-bond acceptors (Lipinski definition) is 9. The topological polar surface area (TPSA) is 165 Å². The Kier molecular flexibility index (Phi) is 4.85. The molecule has 0 spiro atoms. The Labute approximate surface area is 146 Å². The van der Waals surface area contributed by atoms with Crippen molar-refractivity contribution in [2.45, 2.75) is 44.3 Å². The quantitative estimate of drug-likeness (QED) is 0.500. The summed E-state index contributed by atoms with van der Waals surface area (Å²) in [5.74, 6) is -3.17. The maximum absolute atomic E-state index is 12.6. The van der Waals surface area contributed by atoms with Crippen molar-refractivity contribution < 1.29 is 34.4 Å². The summed E-state index contributed by atoms with van der Waals surface area (Å²) in [5, 5.41) is 30.5. The highest BCUT2D eigenvalue weighted by Crippen LogP contribution is 2.44. The van der Waals surface area contributed by atoms with E-state index in [2.05, 4.69) is 0 Å². The summed E-state index contributed by atoms with van der Waals surface area (Å²) in [6.45, 7) is 1.78. The van der Waals surface area contributed by atoms with Crippen molar-refractivity contribution in [1.82, 2.24) is 9.13 Å². The van der Waals surface area contributed by atoms with Gasteiger partial charge >= 0.3 is 5.69 Å². The third-order valence-corrected chi connectivity index (χ3v) is 4.45. The maximum atomic E-state index is 12.6. The third kappa shape index (κ3) is 2.32. The predicted octanol–water partition coefficient (Wildman–Crippen LogP) is -3.02. The lowest BCUT2D eigenvalue weighted by atomic mass is 9.80. The van der Waals surface area contributed by atoms with Gasteiger partial charge in [0, 0.05) is 19.2 Å². The third-order valence-electron chi connectivity index (χ3n) is 4.45. The monoisotopic (exact) mass is 370 g/mol. The standard InChI is InChI=1S/C15H18N2O9/c1-7(19)14(25)12(23)10(6-18)26-15(14,8(2)20)16-5-4-11(22)17(9(3)21)13(16)24/h4-5,10,12,18,23,25H,6H2,1-3H3/t10-,12-,14-,15-/m1/s1. The molecule has 1 aromatic heterocycles. The fraction of sp³-hybridized carbons (Fsp3) is 0.533. The van der Waals surface area contributed by atoms with Gasteiger partial charge in [-0.2, -0.15) is 4.57 Å². The smallest absolute Gasteiger partial charge is 0.340 e. The van der Waals surface area contributed by atoms with E-state index in [9.17, 15) is 39.3 Å². The molecule has 2 heterocycles. The van der Waals surface area contributed by atoms with E-state index in [-0.39, 0.29) is 4.57 Å². The van der Waals surface area contributed by atoms with Gasteiger partial charge in [-0.1, -0.05) is 0 Å². The minimum absolute atomic E-state index is 0.174. The maximum Gasteiger partial charge on any atom is 0.340 e. The number of aromatic nitrogens is 2. The molecule has 1 aliphatic heterocycles. The molecule has 0 saturated carbocycles. The summed E-state index contributed by atoms with van der Waals surface area (Å²) in [5.41, 5.74) is -8.09. The van der Waals surface area contributed by atoms with Crippen LogP contribution in [-0.2, 0) is 20.1 Å². The molecule has 1 saturated heterocycles. The first-order valence-electron chi connectivity index (χ1n) is 7.54. The largest absolute Gasteiger partial charge is 0.394 e. The van der Waals surface area contributed by atoms with Crippen LogP contribution in [0, 0.1) is 0 Å². The van der Waals surface area contributed by atoms with E-state index in [4.69, 9.17) is 4.74 Å². The summed E-state index contributed by atoms with van der Waals surface area (Å²) < 4.78 is 5.88. The first-order chi connectivity index (χ1) is 12.0. The van der Waals surface area contributed by atoms with Gasteiger partial charge in [-0.25, -0.2) is 4.79 Å². The number of aliphatic hydroxyl groups excluding tert-OH is 2. The zero-order valence-electron chi connectivity index (χ0n) is 14.2. The van der Waals surface area contributed by atoms with Crippen LogP contribution in [0.25, 0.3) is 0 Å². The van der Waals surface area contributed by atoms with E-state index < -0.39 is 58.9 Å². The summed E-state index contributed by atoms with van der Waals surface area (Å²) >= 11 is 0. The van der Waals surface area contributed by atoms with Crippen molar-refractivity contribution in [3.63, 3.8) is 0 Å². The molecule has 0 aliphatic carbocycles. The van der Waals surface area contributed by atoms with Crippen molar-refractivity contribution in [3.8, 4) is 0 Å². The van der Waals surface area contributed by atoms with Crippen LogP contribution in [0.1, 0.15) is 25.6 Å². The van der Waals surface area contributed by atoms with Crippen LogP contribution in [0.5, 0.6) is 0 Å². The van der Waals surface area contributed by atoms with Crippen LogP contribution in [0.2, 0.25) is 0 Å². The van der Waals surface area contributed by atoms with Crippen LogP contribution in [0.3, 0.4) is 0 Å². The zero-order valence-corrected chi connectivity index (χ0v) is 14.2. The van der Waals surface area contributed by atoms with Crippen LogP contribution in [0.15, 0.2) is 21.9 Å². The lowest BCUT2D eigenvalue weighted by Crippen LogP contribution is -2.68. The zero-order chi connectivity index (χ0) is 20.0.